The number of piperidine rings is 1. The lowest BCUT2D eigenvalue weighted by Crippen LogP contribution is -2.49. The molecule has 0 aromatic carbocycles. The lowest BCUT2D eigenvalue weighted by Gasteiger charge is -2.33. The second-order valence-electron chi connectivity index (χ2n) is 6.49. The van der Waals surface area contributed by atoms with Crippen LogP contribution in [0, 0.1) is 0 Å². The Bertz CT molecular complexity index is 324. The number of nitrogens with zero attached hydrogens (tertiary/aromatic N) is 3. The van der Waals surface area contributed by atoms with E-state index in [2.05, 4.69) is 26.9 Å². The molecule has 0 aromatic heterocycles. The van der Waals surface area contributed by atoms with E-state index >= 15 is 0 Å². The molecule has 2 heterocycles. The summed E-state index contributed by atoms with van der Waals surface area (Å²) in [4.78, 5) is 19.0. The van der Waals surface area contributed by atoms with Crippen LogP contribution in [0.25, 0.3) is 0 Å². The maximum absolute atomic E-state index is 11.9. The number of aliphatic hydroxyl groups excluding tert-OH is 1. The van der Waals surface area contributed by atoms with Crippen LogP contribution in [0.1, 0.15) is 26.2 Å². The lowest BCUT2D eigenvalue weighted by atomic mass is 10.1. The molecule has 2 aliphatic heterocycles. The molecule has 0 spiro atoms. The maximum Gasteiger partial charge on any atom is 0.234 e. The van der Waals surface area contributed by atoms with Crippen molar-refractivity contribution >= 4 is 5.91 Å². The van der Waals surface area contributed by atoms with Crippen molar-refractivity contribution < 1.29 is 9.90 Å². The summed E-state index contributed by atoms with van der Waals surface area (Å²) < 4.78 is 0. The second kappa shape index (κ2) is 9.45. The van der Waals surface area contributed by atoms with E-state index in [1.54, 1.807) is 0 Å². The number of likely N-dealkylation sites (N-methyl/N-ethyl adjacent to an activating group) is 1. The molecular formula is C16H32N4O2. The van der Waals surface area contributed by atoms with E-state index in [0.717, 1.165) is 78.2 Å². The molecule has 22 heavy (non-hydrogen) atoms. The largest absolute Gasteiger partial charge is 0.393 e. The monoisotopic (exact) mass is 312 g/mol. The van der Waals surface area contributed by atoms with Crippen LogP contribution in [0.2, 0.25) is 0 Å². The van der Waals surface area contributed by atoms with Gasteiger partial charge < -0.3 is 20.2 Å². The summed E-state index contributed by atoms with van der Waals surface area (Å²) in [6.45, 7) is 11.7. The number of likely N-dealkylation sites (tertiary alicyclic amines) is 1. The van der Waals surface area contributed by atoms with Crippen molar-refractivity contribution in [2.24, 2.45) is 0 Å². The molecule has 6 nitrogen and oxygen atoms in total. The molecule has 1 amide bonds. The van der Waals surface area contributed by atoms with Gasteiger partial charge in [-0.1, -0.05) is 6.92 Å². The summed E-state index contributed by atoms with van der Waals surface area (Å²) in [5.41, 5.74) is 0. The topological polar surface area (TPSA) is 59.0 Å². The van der Waals surface area contributed by atoms with Gasteiger partial charge in [-0.25, -0.2) is 0 Å². The molecule has 0 bridgehead atoms. The highest BCUT2D eigenvalue weighted by atomic mass is 16.3. The zero-order chi connectivity index (χ0) is 15.8. The normalized spacial score (nSPS) is 22.8. The molecule has 2 fully saturated rings. The third kappa shape index (κ3) is 6.20. The Morgan fingerprint density at radius 1 is 1.05 bits per heavy atom. The molecule has 0 aromatic rings. The molecule has 2 aliphatic rings. The first kappa shape index (κ1) is 17.7. The number of aliphatic hydroxyl groups is 1. The minimum atomic E-state index is -0.107. The SMILES string of the molecule is CCN1CCN(CC(=O)NCCCN2CCC(O)CC2)CC1. The third-order valence-corrected chi connectivity index (χ3v) is 4.81. The first-order chi connectivity index (χ1) is 10.7. The average molecular weight is 312 g/mol. The van der Waals surface area contributed by atoms with Gasteiger partial charge in [-0.3, -0.25) is 9.69 Å². The van der Waals surface area contributed by atoms with Gasteiger partial charge >= 0.3 is 0 Å². The van der Waals surface area contributed by atoms with Crippen molar-refractivity contribution in [3.05, 3.63) is 0 Å². The Morgan fingerprint density at radius 2 is 1.68 bits per heavy atom. The number of carbonyl (C=O) groups is 1. The molecule has 0 saturated carbocycles. The number of amides is 1. The first-order valence-corrected chi connectivity index (χ1v) is 8.79. The summed E-state index contributed by atoms with van der Waals surface area (Å²) in [5, 5.41) is 12.5. The van der Waals surface area contributed by atoms with Crippen LogP contribution in [0.4, 0.5) is 0 Å². The molecule has 2 rings (SSSR count). The fraction of sp³-hybridized carbons (Fsp3) is 0.938. The Balaban J connectivity index is 1.49. The third-order valence-electron chi connectivity index (χ3n) is 4.81. The van der Waals surface area contributed by atoms with Gasteiger partial charge in [0.2, 0.25) is 5.91 Å². The second-order valence-corrected chi connectivity index (χ2v) is 6.49. The average Bonchev–Trinajstić information content (AvgIpc) is 2.54. The smallest absolute Gasteiger partial charge is 0.234 e. The Labute approximate surface area is 134 Å². The van der Waals surface area contributed by atoms with Crippen molar-refractivity contribution in [1.29, 1.82) is 0 Å². The maximum atomic E-state index is 11.9. The van der Waals surface area contributed by atoms with E-state index in [9.17, 15) is 9.90 Å². The molecule has 6 heteroatoms. The van der Waals surface area contributed by atoms with Gasteiger partial charge in [-0.05, 0) is 32.4 Å². The van der Waals surface area contributed by atoms with Crippen LogP contribution in [0.15, 0.2) is 0 Å². The quantitative estimate of drug-likeness (QED) is 0.626. The summed E-state index contributed by atoms with van der Waals surface area (Å²) in [5.74, 6) is 0.152. The molecule has 0 aliphatic carbocycles. The van der Waals surface area contributed by atoms with Crippen LogP contribution in [-0.2, 0) is 4.79 Å². The van der Waals surface area contributed by atoms with Gasteiger partial charge in [0, 0.05) is 45.8 Å². The fourth-order valence-electron chi connectivity index (χ4n) is 3.20. The number of hydrogen-bond acceptors (Lipinski definition) is 5. The zero-order valence-corrected chi connectivity index (χ0v) is 14.0. The van der Waals surface area contributed by atoms with Gasteiger partial charge in [0.05, 0.1) is 12.6 Å². The van der Waals surface area contributed by atoms with Crippen LogP contribution in [-0.4, -0.2) is 97.3 Å². The minimum absolute atomic E-state index is 0.107. The summed E-state index contributed by atoms with van der Waals surface area (Å²) in [6, 6.07) is 0. The van der Waals surface area contributed by atoms with Crippen molar-refractivity contribution in [2.75, 3.05) is 65.4 Å². The molecule has 2 N–H and O–H groups in total. The highest BCUT2D eigenvalue weighted by Gasteiger charge is 2.18. The van der Waals surface area contributed by atoms with E-state index in [4.69, 9.17) is 0 Å². The van der Waals surface area contributed by atoms with E-state index in [1.807, 2.05) is 0 Å². The van der Waals surface area contributed by atoms with E-state index in [1.165, 1.54) is 0 Å². The first-order valence-electron chi connectivity index (χ1n) is 8.79. The van der Waals surface area contributed by atoms with Gasteiger partial charge in [0.1, 0.15) is 0 Å². The molecule has 0 unspecified atom stereocenters. The van der Waals surface area contributed by atoms with Gasteiger partial charge in [0.25, 0.3) is 0 Å². The zero-order valence-electron chi connectivity index (χ0n) is 14.0. The number of nitrogens with one attached hydrogen (secondary N) is 1. The number of piperazine rings is 1. The van der Waals surface area contributed by atoms with Gasteiger partial charge in [-0.15, -0.1) is 0 Å². The summed E-state index contributed by atoms with van der Waals surface area (Å²) in [6.07, 6.45) is 2.65. The van der Waals surface area contributed by atoms with E-state index < -0.39 is 0 Å². The lowest BCUT2D eigenvalue weighted by molar-refractivity contribution is -0.122. The highest BCUT2D eigenvalue weighted by Crippen LogP contribution is 2.09. The molecule has 128 valence electrons. The molecule has 0 radical (unpaired) electrons. The predicted octanol–water partition coefficient (Wildman–Crippen LogP) is -0.413. The Morgan fingerprint density at radius 3 is 2.32 bits per heavy atom. The van der Waals surface area contributed by atoms with Crippen LogP contribution < -0.4 is 5.32 Å². The van der Waals surface area contributed by atoms with Crippen LogP contribution in [0.5, 0.6) is 0 Å². The number of rotatable bonds is 7. The fourth-order valence-corrected chi connectivity index (χ4v) is 3.20. The van der Waals surface area contributed by atoms with Crippen LogP contribution in [0.3, 0.4) is 0 Å². The minimum Gasteiger partial charge on any atom is -0.393 e. The number of hydrogen-bond donors (Lipinski definition) is 2. The van der Waals surface area contributed by atoms with Crippen molar-refractivity contribution in [1.82, 2.24) is 20.0 Å². The number of carbonyl (C=O) groups excluding carboxylic acids is 1. The molecular weight excluding hydrogens is 280 g/mol. The van der Waals surface area contributed by atoms with Gasteiger partial charge in [-0.2, -0.15) is 0 Å². The molecule has 2 saturated heterocycles. The van der Waals surface area contributed by atoms with Gasteiger partial charge in [0.15, 0.2) is 0 Å². The van der Waals surface area contributed by atoms with Crippen molar-refractivity contribution in [3.63, 3.8) is 0 Å². The van der Waals surface area contributed by atoms with Crippen molar-refractivity contribution in [3.8, 4) is 0 Å². The standard InChI is InChI=1S/C16H32N4O2/c1-2-18-10-12-20(13-11-18)14-16(22)17-6-3-7-19-8-4-15(21)5-9-19/h15,21H,2-14H2,1H3,(H,17,22). The van der Waals surface area contributed by atoms with E-state index in [0.29, 0.717) is 6.54 Å². The summed E-state index contributed by atoms with van der Waals surface area (Å²) >= 11 is 0. The Hall–Kier alpha value is -0.690. The predicted molar refractivity (Wildman–Crippen MR) is 87.9 cm³/mol. The summed E-state index contributed by atoms with van der Waals surface area (Å²) in [7, 11) is 0. The van der Waals surface area contributed by atoms with E-state index in [-0.39, 0.29) is 12.0 Å². The highest BCUT2D eigenvalue weighted by molar-refractivity contribution is 5.77. The Kier molecular flexibility index (Phi) is 7.59. The van der Waals surface area contributed by atoms with Crippen molar-refractivity contribution in [2.45, 2.75) is 32.3 Å². The molecule has 0 atom stereocenters. The van der Waals surface area contributed by atoms with Crippen LogP contribution >= 0.6 is 0 Å².